The van der Waals surface area contributed by atoms with Crippen LogP contribution < -0.4 is 4.90 Å². The quantitative estimate of drug-likeness (QED) is 0.408. The number of carbonyl (C=O) groups is 2. The molecule has 1 N–H and O–H groups in total. The Morgan fingerprint density at radius 1 is 0.667 bits per heavy atom. The van der Waals surface area contributed by atoms with E-state index in [4.69, 9.17) is 0 Å². The number of aromatic carboxylic acids is 1. The summed E-state index contributed by atoms with van der Waals surface area (Å²) in [5.74, 6) is -1.09. The zero-order valence-electron chi connectivity index (χ0n) is 16.1. The van der Waals surface area contributed by atoms with E-state index in [1.165, 1.54) is 4.90 Å². The lowest BCUT2D eigenvalue weighted by atomic mass is 9.99. The first-order valence-electron chi connectivity index (χ1n) is 9.51. The van der Waals surface area contributed by atoms with Crippen molar-refractivity contribution in [3.8, 4) is 22.3 Å². The van der Waals surface area contributed by atoms with E-state index in [2.05, 4.69) is 0 Å². The molecule has 0 radical (unpaired) electrons. The molecule has 0 bridgehead atoms. The van der Waals surface area contributed by atoms with Crippen molar-refractivity contribution < 1.29 is 14.7 Å². The highest BCUT2D eigenvalue weighted by molar-refractivity contribution is 6.03. The third-order valence-corrected chi connectivity index (χ3v) is 4.95. The SMILES string of the molecule is O=CN(c1cc(-c2ccccc2)ccc1C(=O)O)c1ccccc1-c1ccccc1. The number of rotatable bonds is 6. The third kappa shape index (κ3) is 3.71. The predicted octanol–water partition coefficient (Wildman–Crippen LogP) is 6.01. The van der Waals surface area contributed by atoms with Crippen molar-refractivity contribution in [2.45, 2.75) is 0 Å². The molecule has 0 aliphatic carbocycles. The van der Waals surface area contributed by atoms with Crippen molar-refractivity contribution in [2.24, 2.45) is 0 Å². The number of carbonyl (C=O) groups excluding carboxylic acids is 1. The van der Waals surface area contributed by atoms with Gasteiger partial charge in [-0.05, 0) is 34.9 Å². The smallest absolute Gasteiger partial charge is 0.337 e. The highest BCUT2D eigenvalue weighted by Crippen LogP contribution is 2.37. The van der Waals surface area contributed by atoms with Crippen LogP contribution >= 0.6 is 0 Å². The molecule has 0 aliphatic rings. The summed E-state index contributed by atoms with van der Waals surface area (Å²) in [5, 5.41) is 9.76. The minimum absolute atomic E-state index is 0.0599. The molecule has 0 unspecified atom stereocenters. The Labute approximate surface area is 174 Å². The molecule has 4 heteroatoms. The molecule has 4 rings (SSSR count). The van der Waals surface area contributed by atoms with E-state index in [1.54, 1.807) is 18.2 Å². The maximum Gasteiger partial charge on any atom is 0.337 e. The summed E-state index contributed by atoms with van der Waals surface area (Å²) >= 11 is 0. The van der Waals surface area contributed by atoms with Crippen molar-refractivity contribution in [1.82, 2.24) is 0 Å². The largest absolute Gasteiger partial charge is 0.478 e. The van der Waals surface area contributed by atoms with Gasteiger partial charge in [0.1, 0.15) is 0 Å². The van der Waals surface area contributed by atoms with Gasteiger partial charge >= 0.3 is 5.97 Å². The lowest BCUT2D eigenvalue weighted by Crippen LogP contribution is -2.18. The molecule has 4 nitrogen and oxygen atoms in total. The van der Waals surface area contributed by atoms with Crippen LogP contribution in [0.25, 0.3) is 22.3 Å². The maximum atomic E-state index is 12.2. The Morgan fingerprint density at radius 2 is 1.27 bits per heavy atom. The van der Waals surface area contributed by atoms with E-state index in [-0.39, 0.29) is 5.56 Å². The average Bonchev–Trinajstić information content (AvgIpc) is 2.81. The molecule has 4 aromatic carbocycles. The fraction of sp³-hybridized carbons (Fsp3) is 0. The molecule has 0 fully saturated rings. The number of carboxylic acid groups (broad SMARTS) is 1. The fourth-order valence-corrected chi connectivity index (χ4v) is 3.51. The molecule has 0 saturated carbocycles. The number of anilines is 2. The standard InChI is InChI=1S/C26H19NO3/c28-18-27(24-14-8-7-13-22(24)20-11-5-2-6-12-20)25-17-21(15-16-23(25)26(29)30)19-9-3-1-4-10-19/h1-18H,(H,29,30). The topological polar surface area (TPSA) is 57.6 Å². The maximum absolute atomic E-state index is 12.2. The number of carboxylic acids is 1. The number of nitrogens with zero attached hydrogens (tertiary/aromatic N) is 1. The number of hydrogen-bond acceptors (Lipinski definition) is 2. The van der Waals surface area contributed by atoms with Crippen LogP contribution in [0.15, 0.2) is 103 Å². The van der Waals surface area contributed by atoms with Crippen LogP contribution in [0.1, 0.15) is 10.4 Å². The Hall–Kier alpha value is -4.18. The molecule has 0 saturated heterocycles. The van der Waals surface area contributed by atoms with E-state index < -0.39 is 5.97 Å². The zero-order chi connectivity index (χ0) is 20.9. The number of benzene rings is 4. The van der Waals surface area contributed by atoms with Crippen molar-refractivity contribution in [1.29, 1.82) is 0 Å². The summed E-state index contributed by atoms with van der Waals surface area (Å²) in [6.07, 6.45) is 0.665. The van der Waals surface area contributed by atoms with Gasteiger partial charge < -0.3 is 5.11 Å². The van der Waals surface area contributed by atoms with Gasteiger partial charge in [0.05, 0.1) is 16.9 Å². The monoisotopic (exact) mass is 393 g/mol. The van der Waals surface area contributed by atoms with Crippen LogP contribution in [0.3, 0.4) is 0 Å². The van der Waals surface area contributed by atoms with E-state index >= 15 is 0 Å². The number of hydrogen-bond donors (Lipinski definition) is 1. The summed E-state index contributed by atoms with van der Waals surface area (Å²) in [6, 6.07) is 31.9. The van der Waals surface area contributed by atoms with Gasteiger partial charge in [0.15, 0.2) is 0 Å². The Kier molecular flexibility index (Phi) is 5.39. The van der Waals surface area contributed by atoms with E-state index in [1.807, 2.05) is 84.9 Å². The van der Waals surface area contributed by atoms with E-state index in [9.17, 15) is 14.7 Å². The molecule has 4 aromatic rings. The molecule has 0 aromatic heterocycles. The molecular formula is C26H19NO3. The summed E-state index contributed by atoms with van der Waals surface area (Å²) in [7, 11) is 0. The Bertz CT molecular complexity index is 1190. The van der Waals surface area contributed by atoms with Gasteiger partial charge in [0.2, 0.25) is 6.41 Å². The van der Waals surface area contributed by atoms with Crippen LogP contribution in [0.5, 0.6) is 0 Å². The first-order valence-corrected chi connectivity index (χ1v) is 9.51. The number of amides is 1. The van der Waals surface area contributed by atoms with Crippen molar-refractivity contribution in [3.63, 3.8) is 0 Å². The van der Waals surface area contributed by atoms with Crippen LogP contribution in [0.4, 0.5) is 11.4 Å². The minimum atomic E-state index is -1.09. The highest BCUT2D eigenvalue weighted by Gasteiger charge is 2.20. The molecular weight excluding hydrogens is 374 g/mol. The van der Waals surface area contributed by atoms with E-state index in [0.29, 0.717) is 17.8 Å². The Morgan fingerprint density at radius 3 is 1.90 bits per heavy atom. The summed E-state index contributed by atoms with van der Waals surface area (Å²) < 4.78 is 0. The molecule has 146 valence electrons. The molecule has 0 aliphatic heterocycles. The first kappa shape index (κ1) is 19.2. The van der Waals surface area contributed by atoms with Crippen LogP contribution in [0.2, 0.25) is 0 Å². The van der Waals surface area contributed by atoms with Crippen LogP contribution in [-0.4, -0.2) is 17.5 Å². The van der Waals surface area contributed by atoms with Gasteiger partial charge in [0.25, 0.3) is 0 Å². The van der Waals surface area contributed by atoms with Crippen LogP contribution in [-0.2, 0) is 4.79 Å². The number of para-hydroxylation sites is 1. The third-order valence-electron chi connectivity index (χ3n) is 4.95. The summed E-state index contributed by atoms with van der Waals surface area (Å²) in [4.78, 5) is 25.6. The molecule has 0 heterocycles. The fourth-order valence-electron chi connectivity index (χ4n) is 3.51. The average molecular weight is 393 g/mol. The minimum Gasteiger partial charge on any atom is -0.478 e. The predicted molar refractivity (Wildman–Crippen MR) is 119 cm³/mol. The zero-order valence-corrected chi connectivity index (χ0v) is 16.1. The molecule has 0 spiro atoms. The van der Waals surface area contributed by atoms with Gasteiger partial charge in [-0.3, -0.25) is 9.69 Å². The Balaban J connectivity index is 1.90. The van der Waals surface area contributed by atoms with E-state index in [0.717, 1.165) is 22.3 Å². The lowest BCUT2D eigenvalue weighted by molar-refractivity contribution is -0.106. The molecule has 0 atom stereocenters. The normalized spacial score (nSPS) is 10.4. The van der Waals surface area contributed by atoms with Gasteiger partial charge in [0, 0.05) is 5.56 Å². The van der Waals surface area contributed by atoms with Crippen molar-refractivity contribution >= 4 is 23.8 Å². The van der Waals surface area contributed by atoms with Crippen LogP contribution in [0, 0.1) is 0 Å². The van der Waals surface area contributed by atoms with Gasteiger partial charge in [-0.25, -0.2) is 4.79 Å². The lowest BCUT2D eigenvalue weighted by Gasteiger charge is -2.23. The summed E-state index contributed by atoms with van der Waals surface area (Å²) in [6.45, 7) is 0. The molecule has 30 heavy (non-hydrogen) atoms. The molecule has 1 amide bonds. The van der Waals surface area contributed by atoms with Crippen molar-refractivity contribution in [2.75, 3.05) is 4.90 Å². The van der Waals surface area contributed by atoms with Gasteiger partial charge in [-0.2, -0.15) is 0 Å². The summed E-state index contributed by atoms with van der Waals surface area (Å²) in [5.41, 5.74) is 4.55. The second-order valence-electron chi connectivity index (χ2n) is 6.76. The van der Waals surface area contributed by atoms with Gasteiger partial charge in [-0.1, -0.05) is 84.9 Å². The second-order valence-corrected chi connectivity index (χ2v) is 6.76. The first-order chi connectivity index (χ1) is 14.7. The van der Waals surface area contributed by atoms with Crippen molar-refractivity contribution in [3.05, 3.63) is 109 Å². The van der Waals surface area contributed by atoms with Gasteiger partial charge in [-0.15, -0.1) is 0 Å². The highest BCUT2D eigenvalue weighted by atomic mass is 16.4. The second kappa shape index (κ2) is 8.45.